The SMILES string of the molecule is CCCCCCCCCCCCOP(=O)(OCC)Oc1cccc2ccccc12. The van der Waals surface area contributed by atoms with Crippen LogP contribution in [0.3, 0.4) is 0 Å². The summed E-state index contributed by atoms with van der Waals surface area (Å²) in [7, 11) is -3.62. The third-order valence-corrected chi connectivity index (χ3v) is 6.49. The van der Waals surface area contributed by atoms with Gasteiger partial charge in [-0.25, -0.2) is 4.57 Å². The Kier molecular flexibility index (Phi) is 11.4. The third kappa shape index (κ3) is 8.90. The lowest BCUT2D eigenvalue weighted by Gasteiger charge is -2.19. The largest absolute Gasteiger partial charge is 0.530 e. The minimum atomic E-state index is -3.62. The summed E-state index contributed by atoms with van der Waals surface area (Å²) in [4.78, 5) is 0. The minimum absolute atomic E-state index is 0.278. The molecule has 0 aromatic heterocycles. The molecular weight excluding hydrogens is 383 g/mol. The molecule has 1 unspecified atom stereocenters. The van der Waals surface area contributed by atoms with Crippen molar-refractivity contribution in [2.24, 2.45) is 0 Å². The number of phosphoric ester groups is 1. The highest BCUT2D eigenvalue weighted by molar-refractivity contribution is 7.48. The van der Waals surface area contributed by atoms with Gasteiger partial charge in [-0.2, -0.15) is 0 Å². The Morgan fingerprint density at radius 2 is 1.34 bits per heavy atom. The molecule has 0 heterocycles. The highest BCUT2D eigenvalue weighted by Crippen LogP contribution is 2.50. The molecule has 0 fully saturated rings. The molecule has 2 aromatic rings. The van der Waals surface area contributed by atoms with Crippen molar-refractivity contribution in [1.29, 1.82) is 0 Å². The zero-order valence-corrected chi connectivity index (χ0v) is 19.0. The number of unbranched alkanes of at least 4 members (excludes halogenated alkanes) is 9. The van der Waals surface area contributed by atoms with Gasteiger partial charge in [-0.1, -0.05) is 101 Å². The second-order valence-electron chi connectivity index (χ2n) is 7.45. The van der Waals surface area contributed by atoms with E-state index in [2.05, 4.69) is 6.92 Å². The number of phosphoric acid groups is 1. The van der Waals surface area contributed by atoms with Crippen LogP contribution in [0.15, 0.2) is 42.5 Å². The maximum Gasteiger partial charge on any atom is 0.530 e. The van der Waals surface area contributed by atoms with E-state index >= 15 is 0 Å². The van der Waals surface area contributed by atoms with E-state index in [1.807, 2.05) is 36.4 Å². The Balaban J connectivity index is 1.72. The number of hydrogen-bond acceptors (Lipinski definition) is 4. The van der Waals surface area contributed by atoms with Crippen molar-refractivity contribution in [1.82, 2.24) is 0 Å². The maximum atomic E-state index is 13.0. The molecule has 0 amide bonds. The van der Waals surface area contributed by atoms with Crippen LogP contribution in [0, 0.1) is 0 Å². The molecule has 0 bridgehead atoms. The van der Waals surface area contributed by atoms with E-state index in [1.54, 1.807) is 13.0 Å². The normalized spacial score (nSPS) is 13.4. The lowest BCUT2D eigenvalue weighted by Crippen LogP contribution is -2.04. The van der Waals surface area contributed by atoms with Crippen LogP contribution < -0.4 is 4.52 Å². The summed E-state index contributed by atoms with van der Waals surface area (Å²) >= 11 is 0. The Hall–Kier alpha value is -1.35. The second kappa shape index (κ2) is 13.8. The van der Waals surface area contributed by atoms with Crippen LogP contribution in [0.1, 0.15) is 78.1 Å². The Morgan fingerprint density at radius 1 is 0.724 bits per heavy atom. The van der Waals surface area contributed by atoms with E-state index in [4.69, 9.17) is 13.6 Å². The zero-order chi connectivity index (χ0) is 20.8. The third-order valence-electron chi connectivity index (χ3n) is 4.99. The molecule has 162 valence electrons. The molecule has 2 rings (SSSR count). The fourth-order valence-electron chi connectivity index (χ4n) is 3.41. The first-order valence-corrected chi connectivity index (χ1v) is 12.7. The Bertz CT molecular complexity index is 741. The molecule has 0 aliphatic carbocycles. The molecule has 0 aliphatic rings. The van der Waals surface area contributed by atoms with Gasteiger partial charge in [-0.3, -0.25) is 9.05 Å². The van der Waals surface area contributed by atoms with E-state index < -0.39 is 7.82 Å². The topological polar surface area (TPSA) is 44.8 Å². The Morgan fingerprint density at radius 3 is 2.03 bits per heavy atom. The maximum absolute atomic E-state index is 13.0. The second-order valence-corrected chi connectivity index (χ2v) is 9.04. The van der Waals surface area contributed by atoms with Gasteiger partial charge in [0.25, 0.3) is 0 Å². The first kappa shape index (κ1) is 23.9. The summed E-state index contributed by atoms with van der Waals surface area (Å²) in [6, 6.07) is 13.5. The van der Waals surface area contributed by atoms with Gasteiger partial charge in [0, 0.05) is 5.39 Å². The van der Waals surface area contributed by atoms with Crippen LogP contribution in [0.4, 0.5) is 0 Å². The van der Waals surface area contributed by atoms with Crippen molar-refractivity contribution in [3.05, 3.63) is 42.5 Å². The summed E-state index contributed by atoms with van der Waals surface area (Å²) < 4.78 is 29.8. The van der Waals surface area contributed by atoms with E-state index in [9.17, 15) is 4.57 Å². The molecule has 0 spiro atoms. The van der Waals surface area contributed by atoms with Crippen LogP contribution in [0.5, 0.6) is 5.75 Å². The predicted octanol–water partition coefficient (Wildman–Crippen LogP) is 8.30. The average Bonchev–Trinajstić information content (AvgIpc) is 2.72. The van der Waals surface area contributed by atoms with Gasteiger partial charge in [-0.05, 0) is 24.8 Å². The van der Waals surface area contributed by atoms with Crippen molar-refractivity contribution in [3.8, 4) is 5.75 Å². The zero-order valence-electron chi connectivity index (χ0n) is 18.1. The molecule has 2 aromatic carbocycles. The molecule has 0 saturated carbocycles. The van der Waals surface area contributed by atoms with Crippen LogP contribution in [-0.2, 0) is 13.6 Å². The monoisotopic (exact) mass is 420 g/mol. The van der Waals surface area contributed by atoms with Crippen LogP contribution in [0.2, 0.25) is 0 Å². The molecule has 4 nitrogen and oxygen atoms in total. The van der Waals surface area contributed by atoms with Gasteiger partial charge in [0.05, 0.1) is 13.2 Å². The van der Waals surface area contributed by atoms with Gasteiger partial charge in [0.2, 0.25) is 0 Å². The summed E-state index contributed by atoms with van der Waals surface area (Å²) in [6.45, 7) is 4.71. The molecule has 0 radical (unpaired) electrons. The number of hydrogen-bond donors (Lipinski definition) is 0. The Labute approximate surface area is 176 Å². The standard InChI is InChI=1S/C24H37O4P/c1-3-5-6-7-8-9-10-11-12-15-21-27-29(25,26-4-2)28-24-20-16-18-22-17-13-14-19-23(22)24/h13-14,16-20H,3-12,15,21H2,1-2H3. The van der Waals surface area contributed by atoms with E-state index in [1.165, 1.54) is 51.4 Å². The molecule has 0 aliphatic heterocycles. The minimum Gasteiger partial charge on any atom is -0.403 e. The molecular formula is C24H37O4P. The molecule has 1 atom stereocenters. The van der Waals surface area contributed by atoms with Crippen LogP contribution in [0.25, 0.3) is 10.8 Å². The summed E-state index contributed by atoms with van der Waals surface area (Å²) in [5, 5.41) is 1.93. The van der Waals surface area contributed by atoms with Crippen molar-refractivity contribution < 1.29 is 18.1 Å². The smallest absolute Gasteiger partial charge is 0.403 e. The summed E-state index contributed by atoms with van der Waals surface area (Å²) in [6.07, 6.45) is 12.5. The first-order chi connectivity index (χ1) is 14.2. The number of rotatable bonds is 16. The van der Waals surface area contributed by atoms with E-state index in [0.717, 1.165) is 23.6 Å². The first-order valence-electron chi connectivity index (χ1n) is 11.2. The highest BCUT2D eigenvalue weighted by Gasteiger charge is 2.28. The summed E-state index contributed by atoms with van der Waals surface area (Å²) in [5.74, 6) is 0.531. The van der Waals surface area contributed by atoms with E-state index in [-0.39, 0.29) is 6.61 Å². The average molecular weight is 421 g/mol. The van der Waals surface area contributed by atoms with E-state index in [0.29, 0.717) is 12.4 Å². The molecule has 0 saturated heterocycles. The van der Waals surface area contributed by atoms with Gasteiger partial charge >= 0.3 is 7.82 Å². The predicted molar refractivity (Wildman–Crippen MR) is 122 cm³/mol. The van der Waals surface area contributed by atoms with Gasteiger partial charge < -0.3 is 4.52 Å². The lowest BCUT2D eigenvalue weighted by molar-refractivity contribution is 0.159. The molecule has 29 heavy (non-hydrogen) atoms. The molecule has 5 heteroatoms. The number of fused-ring (bicyclic) bond motifs is 1. The van der Waals surface area contributed by atoms with Gasteiger partial charge in [0.15, 0.2) is 0 Å². The van der Waals surface area contributed by atoms with Crippen molar-refractivity contribution in [2.75, 3.05) is 13.2 Å². The lowest BCUT2D eigenvalue weighted by atomic mass is 10.1. The van der Waals surface area contributed by atoms with Crippen molar-refractivity contribution in [3.63, 3.8) is 0 Å². The fraction of sp³-hybridized carbons (Fsp3) is 0.583. The summed E-state index contributed by atoms with van der Waals surface area (Å²) in [5.41, 5.74) is 0. The van der Waals surface area contributed by atoms with Gasteiger partial charge in [-0.15, -0.1) is 0 Å². The highest BCUT2D eigenvalue weighted by atomic mass is 31.2. The van der Waals surface area contributed by atoms with Crippen molar-refractivity contribution in [2.45, 2.75) is 78.1 Å². The number of benzene rings is 2. The fourth-order valence-corrected chi connectivity index (χ4v) is 4.66. The van der Waals surface area contributed by atoms with Gasteiger partial charge in [0.1, 0.15) is 5.75 Å². The molecule has 0 N–H and O–H groups in total. The van der Waals surface area contributed by atoms with Crippen molar-refractivity contribution >= 4 is 18.6 Å². The van der Waals surface area contributed by atoms with Crippen LogP contribution >= 0.6 is 7.82 Å². The van der Waals surface area contributed by atoms with Crippen LogP contribution in [-0.4, -0.2) is 13.2 Å². The quantitative estimate of drug-likeness (QED) is 0.202.